The minimum atomic E-state index is -0.784. The Kier molecular flexibility index (Phi) is 7.80. The van der Waals surface area contributed by atoms with Gasteiger partial charge in [0.1, 0.15) is 12.4 Å². The van der Waals surface area contributed by atoms with Crippen LogP contribution in [0.1, 0.15) is 44.6 Å². The van der Waals surface area contributed by atoms with Crippen molar-refractivity contribution >= 4 is 17.3 Å². The summed E-state index contributed by atoms with van der Waals surface area (Å²) in [5, 5.41) is 14.1. The van der Waals surface area contributed by atoms with E-state index in [4.69, 9.17) is 9.47 Å². The van der Waals surface area contributed by atoms with Crippen molar-refractivity contribution in [3.63, 3.8) is 0 Å². The number of benzene rings is 2. The highest BCUT2D eigenvalue weighted by Crippen LogP contribution is 2.37. The molecule has 2 fully saturated rings. The van der Waals surface area contributed by atoms with Gasteiger partial charge in [-0.05, 0) is 69.0 Å². The third-order valence-electron chi connectivity index (χ3n) is 7.11. The zero-order valence-electron chi connectivity index (χ0n) is 19.7. The van der Waals surface area contributed by atoms with Gasteiger partial charge in [0.2, 0.25) is 5.91 Å². The maximum Gasteiger partial charge on any atom is 0.269 e. The lowest BCUT2D eigenvalue weighted by Gasteiger charge is -2.36. The second kappa shape index (κ2) is 11.0. The molecule has 1 atom stereocenters. The lowest BCUT2D eigenvalue weighted by molar-refractivity contribution is -0.384. The summed E-state index contributed by atoms with van der Waals surface area (Å²) >= 11 is 0. The molecule has 182 valence electrons. The number of carbonyl (C=O) groups excluding carboxylic acids is 1. The number of likely N-dealkylation sites (tertiary alicyclic amines) is 1. The van der Waals surface area contributed by atoms with Gasteiger partial charge in [-0.3, -0.25) is 19.8 Å². The van der Waals surface area contributed by atoms with E-state index in [-0.39, 0.29) is 11.6 Å². The third-order valence-corrected chi connectivity index (χ3v) is 7.11. The van der Waals surface area contributed by atoms with Gasteiger partial charge in [0.15, 0.2) is 0 Å². The van der Waals surface area contributed by atoms with Gasteiger partial charge in [-0.15, -0.1) is 0 Å². The summed E-state index contributed by atoms with van der Waals surface area (Å²) in [4.78, 5) is 26.5. The van der Waals surface area contributed by atoms with Crippen molar-refractivity contribution in [3.05, 3.63) is 64.2 Å². The van der Waals surface area contributed by atoms with Crippen molar-refractivity contribution in [1.82, 2.24) is 4.90 Å². The molecular formula is C26H33N3O5. The molecule has 2 aliphatic heterocycles. The Morgan fingerprint density at radius 3 is 2.50 bits per heavy atom. The molecule has 0 radical (unpaired) electrons. The van der Waals surface area contributed by atoms with Crippen LogP contribution in [0.25, 0.3) is 0 Å². The second-order valence-electron chi connectivity index (χ2n) is 9.21. The first-order valence-electron chi connectivity index (χ1n) is 12.1. The van der Waals surface area contributed by atoms with Crippen LogP contribution in [0.4, 0.5) is 11.4 Å². The number of carbonyl (C=O) groups is 1. The first kappa shape index (κ1) is 24.2. The lowest BCUT2D eigenvalue weighted by Crippen LogP contribution is -2.44. The van der Waals surface area contributed by atoms with E-state index in [1.54, 1.807) is 12.1 Å². The largest absolute Gasteiger partial charge is 0.492 e. The van der Waals surface area contributed by atoms with Gasteiger partial charge in [0.25, 0.3) is 5.69 Å². The van der Waals surface area contributed by atoms with Gasteiger partial charge >= 0.3 is 0 Å². The summed E-state index contributed by atoms with van der Waals surface area (Å²) in [6.45, 7) is 5.90. The van der Waals surface area contributed by atoms with Crippen molar-refractivity contribution < 1.29 is 19.2 Å². The van der Waals surface area contributed by atoms with Crippen molar-refractivity contribution in [2.24, 2.45) is 0 Å². The molecule has 1 N–H and O–H groups in total. The molecule has 0 bridgehead atoms. The number of nitrogens with zero attached hydrogens (tertiary/aromatic N) is 2. The third kappa shape index (κ3) is 5.56. The standard InChI is InChI=1S/C26H33N3O5/c1-20-4-2-3-15-28(20)16-19-34-24-11-7-22(8-12-24)27-25(30)26(13-17-33-18-14-26)21-5-9-23(10-6-21)29(31)32/h5-12,20H,2-4,13-19H2,1H3,(H,27,30)/t20-/m0/s1. The number of piperidine rings is 1. The topological polar surface area (TPSA) is 93.9 Å². The van der Waals surface area contributed by atoms with Crippen molar-refractivity contribution in [2.75, 3.05) is 38.2 Å². The average Bonchev–Trinajstić information content (AvgIpc) is 2.86. The number of nitrogens with one attached hydrogen (secondary N) is 1. The van der Waals surface area contributed by atoms with Gasteiger partial charge in [0, 0.05) is 43.6 Å². The van der Waals surface area contributed by atoms with E-state index in [1.165, 1.54) is 31.4 Å². The van der Waals surface area contributed by atoms with Gasteiger partial charge in [0.05, 0.1) is 10.3 Å². The number of nitro groups is 1. The van der Waals surface area contributed by atoms with E-state index in [9.17, 15) is 14.9 Å². The zero-order valence-corrected chi connectivity index (χ0v) is 19.7. The maximum atomic E-state index is 13.4. The first-order valence-corrected chi connectivity index (χ1v) is 12.1. The fourth-order valence-electron chi connectivity index (χ4n) is 4.92. The van der Waals surface area contributed by atoms with Crippen LogP contribution >= 0.6 is 0 Å². The first-order chi connectivity index (χ1) is 16.5. The fourth-order valence-corrected chi connectivity index (χ4v) is 4.92. The average molecular weight is 468 g/mol. The number of ether oxygens (including phenoxy) is 2. The summed E-state index contributed by atoms with van der Waals surface area (Å²) < 4.78 is 11.4. The van der Waals surface area contributed by atoms with E-state index in [1.807, 2.05) is 24.3 Å². The number of anilines is 1. The predicted molar refractivity (Wildman–Crippen MR) is 130 cm³/mol. The van der Waals surface area contributed by atoms with Crippen LogP contribution in [0.2, 0.25) is 0 Å². The molecule has 8 heteroatoms. The molecule has 0 saturated carbocycles. The molecule has 2 heterocycles. The number of nitro benzene ring substituents is 1. The fraction of sp³-hybridized carbons (Fsp3) is 0.500. The monoisotopic (exact) mass is 467 g/mol. The number of hydrogen-bond acceptors (Lipinski definition) is 6. The molecule has 0 aliphatic carbocycles. The molecule has 2 aliphatic rings. The van der Waals surface area contributed by atoms with Crippen LogP contribution in [-0.4, -0.2) is 54.7 Å². The van der Waals surface area contributed by atoms with Gasteiger partial charge in [-0.1, -0.05) is 18.6 Å². The number of hydrogen-bond donors (Lipinski definition) is 1. The molecule has 4 rings (SSSR count). The highest BCUT2D eigenvalue weighted by atomic mass is 16.6. The Bertz CT molecular complexity index is 971. The van der Waals surface area contributed by atoms with Crippen molar-refractivity contribution in [2.45, 2.75) is 50.5 Å². The quantitative estimate of drug-likeness (QED) is 0.453. The number of non-ortho nitro benzene ring substituents is 1. The summed E-state index contributed by atoms with van der Waals surface area (Å²) in [6.07, 6.45) is 4.86. The molecule has 8 nitrogen and oxygen atoms in total. The Hall–Kier alpha value is -2.97. The second-order valence-corrected chi connectivity index (χ2v) is 9.21. The van der Waals surface area contributed by atoms with Crippen LogP contribution in [0.5, 0.6) is 5.75 Å². The van der Waals surface area contributed by atoms with Crippen molar-refractivity contribution in [1.29, 1.82) is 0 Å². The number of amides is 1. The highest BCUT2D eigenvalue weighted by molar-refractivity contribution is 5.99. The molecule has 2 aromatic carbocycles. The summed E-state index contributed by atoms with van der Waals surface area (Å²) in [5.74, 6) is 0.649. The van der Waals surface area contributed by atoms with Crippen LogP contribution in [0.15, 0.2) is 48.5 Å². The Balaban J connectivity index is 1.38. The number of rotatable bonds is 8. The Labute approximate surface area is 200 Å². The molecule has 2 saturated heterocycles. The molecule has 1 amide bonds. The zero-order chi connectivity index (χ0) is 24.0. The smallest absolute Gasteiger partial charge is 0.269 e. The van der Waals surface area contributed by atoms with E-state index < -0.39 is 10.3 Å². The lowest BCUT2D eigenvalue weighted by atomic mass is 9.73. The van der Waals surface area contributed by atoms with Gasteiger partial charge in [-0.25, -0.2) is 0 Å². The van der Waals surface area contributed by atoms with Crippen LogP contribution in [0, 0.1) is 10.1 Å². The minimum Gasteiger partial charge on any atom is -0.492 e. The van der Waals surface area contributed by atoms with E-state index in [0.29, 0.717) is 44.4 Å². The van der Waals surface area contributed by atoms with Gasteiger partial charge in [-0.2, -0.15) is 0 Å². The normalized spacial score (nSPS) is 20.4. The minimum absolute atomic E-state index is 0.0108. The molecular weight excluding hydrogens is 434 g/mol. The van der Waals surface area contributed by atoms with E-state index >= 15 is 0 Å². The Morgan fingerprint density at radius 1 is 1.15 bits per heavy atom. The SMILES string of the molecule is C[C@H]1CCCCN1CCOc1ccc(NC(=O)C2(c3ccc([N+](=O)[O-])cc3)CCOCC2)cc1. The van der Waals surface area contributed by atoms with Gasteiger partial charge < -0.3 is 14.8 Å². The highest BCUT2D eigenvalue weighted by Gasteiger charge is 2.42. The molecule has 2 aromatic rings. The maximum absolute atomic E-state index is 13.4. The van der Waals surface area contributed by atoms with Crippen LogP contribution < -0.4 is 10.1 Å². The van der Waals surface area contributed by atoms with Crippen LogP contribution in [-0.2, 0) is 14.9 Å². The Morgan fingerprint density at radius 2 is 1.85 bits per heavy atom. The van der Waals surface area contributed by atoms with Crippen molar-refractivity contribution in [3.8, 4) is 5.75 Å². The molecule has 34 heavy (non-hydrogen) atoms. The summed E-state index contributed by atoms with van der Waals surface area (Å²) in [5.41, 5.74) is 0.686. The van der Waals surface area contributed by atoms with E-state index in [2.05, 4.69) is 17.1 Å². The molecule has 0 aromatic heterocycles. The summed E-state index contributed by atoms with van der Waals surface area (Å²) in [7, 11) is 0. The molecule has 0 unspecified atom stereocenters. The van der Waals surface area contributed by atoms with Crippen LogP contribution in [0.3, 0.4) is 0 Å². The summed E-state index contributed by atoms with van der Waals surface area (Å²) in [6, 6.07) is 14.3. The predicted octanol–water partition coefficient (Wildman–Crippen LogP) is 4.53. The van der Waals surface area contributed by atoms with E-state index in [0.717, 1.165) is 24.4 Å². The molecule has 0 spiro atoms.